The van der Waals surface area contributed by atoms with Crippen molar-refractivity contribution in [1.29, 1.82) is 0 Å². The molecule has 4 bridgehead atoms. The molecule has 4 aliphatic carbocycles. The van der Waals surface area contributed by atoms with Crippen LogP contribution in [0.3, 0.4) is 0 Å². The van der Waals surface area contributed by atoms with E-state index in [1.54, 1.807) is 35.9 Å². The minimum Gasteiger partial charge on any atom is -0.496 e. The van der Waals surface area contributed by atoms with E-state index in [2.05, 4.69) is 79.2 Å². The van der Waals surface area contributed by atoms with Crippen molar-refractivity contribution in [2.75, 3.05) is 93.0 Å². The Morgan fingerprint density at radius 2 is 1.19 bits per heavy atom. The normalized spacial score (nSPS) is 16.8. The topological polar surface area (TPSA) is 292 Å². The van der Waals surface area contributed by atoms with Gasteiger partial charge in [0, 0.05) is 103 Å². The monoisotopic (exact) mass is 1520 g/mol. The number of methoxy groups -OCH3 is 2. The molecule has 4 fully saturated rings. The summed E-state index contributed by atoms with van der Waals surface area (Å²) in [5.74, 6) is -0.977. The van der Waals surface area contributed by atoms with Crippen LogP contribution >= 0.6 is 24.4 Å². The van der Waals surface area contributed by atoms with Gasteiger partial charge in [0.15, 0.2) is 10.8 Å². The molecular formula is C81H121N11O13S2. The fourth-order valence-electron chi connectivity index (χ4n) is 14.9. The van der Waals surface area contributed by atoms with Crippen molar-refractivity contribution in [2.24, 2.45) is 23.7 Å². The third-order valence-corrected chi connectivity index (χ3v) is 22.0. The van der Waals surface area contributed by atoms with Crippen molar-refractivity contribution in [3.8, 4) is 28.4 Å². The number of anilines is 1. The smallest absolute Gasteiger partial charge is 0.330 e. The number of hydrogen-bond donors (Lipinski definition) is 7. The van der Waals surface area contributed by atoms with Gasteiger partial charge in [-0.05, 0) is 237 Å². The van der Waals surface area contributed by atoms with Crippen LogP contribution in [0.2, 0.25) is 0 Å². The molecule has 0 unspecified atom stereocenters. The van der Waals surface area contributed by atoms with Gasteiger partial charge in [0.2, 0.25) is 17.7 Å². The van der Waals surface area contributed by atoms with E-state index in [1.807, 2.05) is 56.6 Å². The van der Waals surface area contributed by atoms with Gasteiger partial charge in [-0.2, -0.15) is 5.10 Å². The Balaban J connectivity index is 0.000000365. The number of ether oxygens (including phenoxy) is 2. The van der Waals surface area contributed by atoms with E-state index in [-0.39, 0.29) is 73.4 Å². The van der Waals surface area contributed by atoms with E-state index in [1.165, 1.54) is 12.5 Å². The van der Waals surface area contributed by atoms with E-state index in [4.69, 9.17) is 39.0 Å². The first-order chi connectivity index (χ1) is 51.1. The summed E-state index contributed by atoms with van der Waals surface area (Å²) in [7, 11) is 9.09. The lowest BCUT2D eigenvalue weighted by atomic mass is 9.48. The molecule has 7 N–H and O–H groups in total. The highest BCUT2D eigenvalue weighted by atomic mass is 32.1. The Bertz CT molecular complexity index is 3550. The molecule has 5 amide bonds. The molecule has 4 aliphatic rings. The minimum absolute atomic E-state index is 0.0203. The molecule has 107 heavy (non-hydrogen) atoms. The van der Waals surface area contributed by atoms with Crippen LogP contribution in [0, 0.1) is 30.6 Å². The number of nitrogens with one attached hydrogen (secondary N) is 3. The zero-order chi connectivity index (χ0) is 78.3. The molecule has 0 spiro atoms. The minimum atomic E-state index is -1.34. The number of unbranched alkanes of at least 4 members (excludes halogenated alkanes) is 8. The third kappa shape index (κ3) is 27.0. The van der Waals surface area contributed by atoms with Crippen molar-refractivity contribution >= 4 is 81.4 Å². The predicted octanol–water partition coefficient (Wildman–Crippen LogP) is 13.9. The van der Waals surface area contributed by atoms with E-state index in [0.717, 1.165) is 156 Å². The molecule has 0 saturated heterocycles. The Morgan fingerprint density at radius 3 is 1.74 bits per heavy atom. The van der Waals surface area contributed by atoms with E-state index in [9.17, 15) is 54.3 Å². The third-order valence-electron chi connectivity index (χ3n) is 21.1. The number of amides is 5. The highest BCUT2D eigenvalue weighted by Gasteiger charge is 2.62. The number of rotatable bonds is 46. The summed E-state index contributed by atoms with van der Waals surface area (Å²) in [6.45, 7) is 18.1. The molecule has 24 nitrogen and oxygen atoms in total. The maximum absolute atomic E-state index is 14.4. The number of hydrogen-bond acceptors (Lipinski definition) is 17. The lowest BCUT2D eigenvalue weighted by Crippen LogP contribution is -2.70. The first-order valence-corrected chi connectivity index (χ1v) is 39.4. The molecule has 1 aromatic heterocycles. The lowest BCUT2D eigenvalue weighted by molar-refractivity contribution is -0.166. The number of benzene rings is 3. The number of allylic oxidation sites excluding steroid dienone is 1. The van der Waals surface area contributed by atoms with Gasteiger partial charge < -0.3 is 45.2 Å². The molecule has 0 radical (unpaired) electrons. The summed E-state index contributed by atoms with van der Waals surface area (Å²) in [5.41, 5.74) is 4.86. The number of hydroxylamine groups is 6. The van der Waals surface area contributed by atoms with E-state index in [0.29, 0.717) is 113 Å². The highest BCUT2D eigenvalue weighted by molar-refractivity contribution is 7.80. The molecule has 1 heterocycles. The van der Waals surface area contributed by atoms with Crippen LogP contribution in [0.5, 0.6) is 11.5 Å². The van der Waals surface area contributed by atoms with Crippen LogP contribution in [0.1, 0.15) is 226 Å². The summed E-state index contributed by atoms with van der Waals surface area (Å²) in [6, 6.07) is 20.9. The van der Waals surface area contributed by atoms with Gasteiger partial charge in [0.25, 0.3) is 11.8 Å². The molecule has 0 aliphatic heterocycles. The average molecular weight is 1520 g/mol. The van der Waals surface area contributed by atoms with E-state index >= 15 is 0 Å². The summed E-state index contributed by atoms with van der Waals surface area (Å²) in [6.07, 6.45) is 18.1. The predicted molar refractivity (Wildman–Crippen MR) is 424 cm³/mol. The molecule has 26 heteroatoms. The number of carboxylic acids is 1. The molecule has 0 atom stereocenters. The van der Waals surface area contributed by atoms with Crippen LogP contribution in [-0.2, 0) is 24.0 Å². The fourth-order valence-corrected chi connectivity index (χ4v) is 15.2. The number of nitrogens with zero attached hydrogens (tertiary/aromatic N) is 8. The number of aliphatic carboxylic acids is 1. The summed E-state index contributed by atoms with van der Waals surface area (Å²) < 4.78 is 13.4. The lowest BCUT2D eigenvalue weighted by Gasteiger charge is -2.59. The molecule has 4 aromatic rings. The second kappa shape index (κ2) is 44.6. The summed E-state index contributed by atoms with van der Waals surface area (Å²) in [5, 5.41) is 57.4. The zero-order valence-electron chi connectivity index (χ0n) is 65.1. The van der Waals surface area contributed by atoms with Crippen LogP contribution in [0.25, 0.3) is 16.9 Å². The number of Topliss-reactive ketones (excluding diaryl/α,β-unsaturated/α-hetero) is 1. The van der Waals surface area contributed by atoms with Gasteiger partial charge >= 0.3 is 5.97 Å². The Labute approximate surface area is 645 Å². The SMILES string of the molecule is C=C(CCC(=O)N(O)CCCCCCC(=S)CC)NCCCCCN(O)C(=O)CCC(=O)CCCCCCN(O)C(C)=O.COc1cccc(OC)c1-c1cc(C(=O)NC2(C(=O)O)C3CC4CC(C3)CC2C4)nn1-c1ccc(C(=O)N(C)CCCN(C)CCCN(C)C(=S)Nc2ccc(C)cc2)cc1C(C)C. The molecule has 590 valence electrons. The number of thiocarbonyl (C=S) groups is 2. The van der Waals surface area contributed by atoms with Crippen LogP contribution in [0.15, 0.2) is 79.0 Å². The number of aryl methyl sites for hydroxylation is 1. The number of carbonyl (C=O) groups excluding carboxylic acids is 6. The molecule has 3 aromatic carbocycles. The first kappa shape index (κ1) is 88.0. The van der Waals surface area contributed by atoms with Crippen LogP contribution in [0.4, 0.5) is 5.69 Å². The highest BCUT2D eigenvalue weighted by Crippen LogP contribution is 2.58. The van der Waals surface area contributed by atoms with Gasteiger partial charge in [-0.15, -0.1) is 0 Å². The van der Waals surface area contributed by atoms with Crippen LogP contribution < -0.4 is 25.4 Å². The van der Waals surface area contributed by atoms with Crippen molar-refractivity contribution in [1.82, 2.24) is 50.3 Å². The Hall–Kier alpha value is -7.88. The average Bonchev–Trinajstić information content (AvgIpc) is 1.41. The van der Waals surface area contributed by atoms with Gasteiger partial charge in [-0.3, -0.25) is 44.4 Å². The summed E-state index contributed by atoms with van der Waals surface area (Å²) >= 11 is 10.8. The molecular weight excluding hydrogens is 1400 g/mol. The Kier molecular flexibility index (Phi) is 36.7. The van der Waals surface area contributed by atoms with E-state index < -0.39 is 29.2 Å². The second-order valence-electron chi connectivity index (χ2n) is 29.7. The van der Waals surface area contributed by atoms with Gasteiger partial charge in [0.05, 0.1) is 31.2 Å². The maximum atomic E-state index is 14.4. The quantitative estimate of drug-likeness (QED) is 0.00936. The van der Waals surface area contributed by atoms with Gasteiger partial charge in [0.1, 0.15) is 22.8 Å². The second-order valence-corrected chi connectivity index (χ2v) is 30.7. The number of carboxylic acid groups (broad SMARTS) is 1. The standard InChI is InChI=1S/C50H65N7O6S.C31H56N4O7S/c1-31(2)39-29-35(47(59)55(5)22-10-20-54(4)21-11-23-56(6)49(64)51-38-17-14-32(3)15-18-38)16-19-41(39)57-42(45-43(62-7)12-9-13-44(45)63-8)30-40(53-57)46(58)52-50(48(60)61)36-25-33-24-34(27-36)28-37(50)26-33;1-4-29(43)17-11-6-8-14-24-34(41)30(38)20-18-26(2)32-22-12-9-15-25-35(42)31(39)21-19-28(37)16-10-5-7-13-23-33(40)27(3)36/h9,12-19,29-31,33-34,36-37H,10-11,20-28H2,1-8H3,(H,51,64)(H,52,58)(H,60,61);32,40-42H,2,4-25H2,1,3H3. The van der Waals surface area contributed by atoms with Gasteiger partial charge in [-0.1, -0.05) is 89.0 Å². The number of ketones is 1. The maximum Gasteiger partial charge on any atom is 0.330 e. The van der Waals surface area contributed by atoms with Gasteiger partial charge in [-0.25, -0.2) is 24.7 Å². The number of aromatic nitrogens is 2. The fraction of sp³-hybridized carbons (Fsp3) is 0.605. The Morgan fingerprint density at radius 1 is 0.645 bits per heavy atom. The molecule has 4 saturated carbocycles. The van der Waals surface area contributed by atoms with Crippen molar-refractivity contribution in [3.05, 3.63) is 101 Å². The van der Waals surface area contributed by atoms with Crippen molar-refractivity contribution in [2.45, 2.75) is 207 Å². The first-order valence-electron chi connectivity index (χ1n) is 38.6. The molecule has 8 rings (SSSR count). The summed E-state index contributed by atoms with van der Waals surface area (Å²) in [4.78, 5) is 96.0. The van der Waals surface area contributed by atoms with Crippen LogP contribution in [-0.4, -0.2) is 205 Å². The van der Waals surface area contributed by atoms with Crippen molar-refractivity contribution in [3.63, 3.8) is 0 Å². The zero-order valence-corrected chi connectivity index (χ0v) is 66.8. The largest absolute Gasteiger partial charge is 0.496 e. The van der Waals surface area contributed by atoms with Crippen molar-refractivity contribution < 1.29 is 63.8 Å². The number of carbonyl (C=O) groups is 7.